The molecule has 4 rings (SSSR count). The monoisotopic (exact) mass is 486 g/mol. The number of rotatable bonds is 6. The maximum absolute atomic E-state index is 13.6. The van der Waals surface area contributed by atoms with Crippen molar-refractivity contribution in [3.8, 4) is 0 Å². The molecule has 2 atom stereocenters. The van der Waals surface area contributed by atoms with E-state index in [1.165, 1.54) is 11.8 Å². The number of ether oxygens (including phenoxy) is 1. The summed E-state index contributed by atoms with van der Waals surface area (Å²) in [5, 5.41) is 0. The van der Waals surface area contributed by atoms with Crippen molar-refractivity contribution in [2.24, 2.45) is 11.8 Å². The number of aryl methyl sites for hydroxylation is 1. The molecule has 2 aromatic rings. The van der Waals surface area contributed by atoms with E-state index in [9.17, 15) is 9.59 Å². The van der Waals surface area contributed by atoms with Gasteiger partial charge in [0, 0.05) is 39.5 Å². The number of aromatic nitrogens is 2. The Morgan fingerprint density at radius 1 is 1.24 bits per heavy atom. The van der Waals surface area contributed by atoms with E-state index >= 15 is 0 Å². The fourth-order valence-corrected chi connectivity index (χ4v) is 5.93. The van der Waals surface area contributed by atoms with Crippen LogP contribution in [0, 0.1) is 18.8 Å². The van der Waals surface area contributed by atoms with Crippen molar-refractivity contribution >= 4 is 51.7 Å². The molecule has 2 aromatic heterocycles. The van der Waals surface area contributed by atoms with E-state index in [-0.39, 0.29) is 11.5 Å². The Bertz CT molecular complexity index is 1170. The first kappa shape index (κ1) is 23.9. The highest BCUT2D eigenvalue weighted by molar-refractivity contribution is 8.26. The Morgan fingerprint density at radius 2 is 1.97 bits per heavy atom. The van der Waals surface area contributed by atoms with Crippen molar-refractivity contribution in [2.45, 2.75) is 33.6 Å². The molecule has 2 aliphatic heterocycles. The van der Waals surface area contributed by atoms with Crippen molar-refractivity contribution < 1.29 is 9.53 Å². The second-order valence-electron chi connectivity index (χ2n) is 9.12. The van der Waals surface area contributed by atoms with Gasteiger partial charge in [-0.15, -0.1) is 0 Å². The molecule has 1 amide bonds. The van der Waals surface area contributed by atoms with Gasteiger partial charge in [-0.1, -0.05) is 43.9 Å². The van der Waals surface area contributed by atoms with Gasteiger partial charge in [0.2, 0.25) is 0 Å². The molecule has 2 aliphatic rings. The Balaban J connectivity index is 1.80. The standard InChI is InChI=1S/C24H30N4O3S2/c1-15-6-7-20-25-21(26-12-16(2)10-17(3)13-26)18(22(29)28(20)14-15)11-19-23(30)27(24(32)33-19)8-5-9-31-4/h6-7,11,14,16-17H,5,8-10,12-13H2,1-4H3/b19-11+/t16-,17-/m1/s1. The Labute approximate surface area is 203 Å². The number of carbonyl (C=O) groups excluding carboxylic acids is 1. The molecule has 176 valence electrons. The molecule has 0 aromatic carbocycles. The molecule has 2 fully saturated rings. The number of thioether (sulfide) groups is 1. The van der Waals surface area contributed by atoms with Gasteiger partial charge in [0.15, 0.2) is 0 Å². The van der Waals surface area contributed by atoms with Crippen LogP contribution in [0.25, 0.3) is 11.7 Å². The van der Waals surface area contributed by atoms with Gasteiger partial charge in [0.05, 0.1) is 10.5 Å². The third-order valence-electron chi connectivity index (χ3n) is 6.03. The van der Waals surface area contributed by atoms with Gasteiger partial charge in [0.1, 0.15) is 15.8 Å². The second kappa shape index (κ2) is 9.95. The van der Waals surface area contributed by atoms with Crippen molar-refractivity contribution in [2.75, 3.05) is 38.3 Å². The average Bonchev–Trinajstić information content (AvgIpc) is 3.02. The van der Waals surface area contributed by atoms with Crippen molar-refractivity contribution in [3.63, 3.8) is 0 Å². The zero-order valence-electron chi connectivity index (χ0n) is 19.5. The van der Waals surface area contributed by atoms with Gasteiger partial charge in [-0.3, -0.25) is 18.9 Å². The molecule has 0 radical (unpaired) electrons. The second-order valence-corrected chi connectivity index (χ2v) is 10.8. The fourth-order valence-electron chi connectivity index (χ4n) is 4.64. The molecule has 0 spiro atoms. The first-order chi connectivity index (χ1) is 15.8. The van der Waals surface area contributed by atoms with Crippen LogP contribution in [0.3, 0.4) is 0 Å². The van der Waals surface area contributed by atoms with E-state index in [0.717, 1.165) is 25.1 Å². The number of thiocarbonyl (C=S) groups is 1. The largest absolute Gasteiger partial charge is 0.385 e. The molecule has 2 saturated heterocycles. The lowest BCUT2D eigenvalue weighted by Gasteiger charge is -2.36. The van der Waals surface area contributed by atoms with Crippen LogP contribution in [-0.2, 0) is 9.53 Å². The number of amides is 1. The molecular weight excluding hydrogens is 456 g/mol. The van der Waals surface area contributed by atoms with Crippen molar-refractivity contribution in [1.29, 1.82) is 0 Å². The smallest absolute Gasteiger partial charge is 0.267 e. The molecule has 0 aliphatic carbocycles. The van der Waals surface area contributed by atoms with Crippen LogP contribution in [0.15, 0.2) is 28.0 Å². The lowest BCUT2D eigenvalue weighted by Crippen LogP contribution is -2.40. The van der Waals surface area contributed by atoms with E-state index in [1.807, 2.05) is 19.1 Å². The first-order valence-electron chi connectivity index (χ1n) is 11.3. The number of fused-ring (bicyclic) bond motifs is 1. The van der Waals surface area contributed by atoms with Crippen LogP contribution in [0.2, 0.25) is 0 Å². The number of anilines is 1. The van der Waals surface area contributed by atoms with Crippen molar-refractivity contribution in [1.82, 2.24) is 14.3 Å². The summed E-state index contributed by atoms with van der Waals surface area (Å²) in [4.78, 5) is 35.9. The van der Waals surface area contributed by atoms with Crippen molar-refractivity contribution in [3.05, 3.63) is 44.7 Å². The number of pyridine rings is 1. The van der Waals surface area contributed by atoms with E-state index in [2.05, 4.69) is 18.7 Å². The zero-order valence-corrected chi connectivity index (χ0v) is 21.2. The summed E-state index contributed by atoms with van der Waals surface area (Å²) < 4.78 is 7.18. The molecule has 4 heterocycles. The highest BCUT2D eigenvalue weighted by Gasteiger charge is 2.33. The van der Waals surface area contributed by atoms with Crippen LogP contribution < -0.4 is 10.5 Å². The van der Waals surface area contributed by atoms with Crippen LogP contribution in [0.1, 0.15) is 37.8 Å². The summed E-state index contributed by atoms with van der Waals surface area (Å²) in [5.41, 5.74) is 1.84. The summed E-state index contributed by atoms with van der Waals surface area (Å²) in [5.74, 6) is 1.48. The predicted octanol–water partition coefficient (Wildman–Crippen LogP) is 3.72. The number of nitrogens with zero attached hydrogens (tertiary/aromatic N) is 4. The Hall–Kier alpha value is -2.23. The Morgan fingerprint density at radius 3 is 2.67 bits per heavy atom. The minimum Gasteiger partial charge on any atom is -0.385 e. The number of hydrogen-bond donors (Lipinski definition) is 0. The first-order valence-corrected chi connectivity index (χ1v) is 12.5. The van der Waals surface area contributed by atoms with Gasteiger partial charge >= 0.3 is 0 Å². The van der Waals surface area contributed by atoms with Gasteiger partial charge in [-0.2, -0.15) is 0 Å². The summed E-state index contributed by atoms with van der Waals surface area (Å²) in [6.45, 7) is 9.11. The number of carbonyl (C=O) groups is 1. The predicted molar refractivity (Wildman–Crippen MR) is 138 cm³/mol. The minimum atomic E-state index is -0.172. The van der Waals surface area contributed by atoms with E-state index in [0.29, 0.717) is 57.7 Å². The lowest BCUT2D eigenvalue weighted by molar-refractivity contribution is -0.122. The fraction of sp³-hybridized carbons (Fsp3) is 0.500. The summed E-state index contributed by atoms with van der Waals surface area (Å²) >= 11 is 6.70. The average molecular weight is 487 g/mol. The third kappa shape index (κ3) is 5.00. The maximum Gasteiger partial charge on any atom is 0.267 e. The number of methoxy groups -OCH3 is 1. The number of hydrogen-bond acceptors (Lipinski definition) is 7. The molecule has 0 bridgehead atoms. The SMILES string of the molecule is COCCCN1C(=O)/C(=C\c2c(N3C[C@H](C)C[C@@H](C)C3)nc3ccc(C)cn3c2=O)SC1=S. The topological polar surface area (TPSA) is 67.2 Å². The van der Waals surface area contributed by atoms with Gasteiger partial charge in [-0.05, 0) is 49.3 Å². The quantitative estimate of drug-likeness (QED) is 0.350. The van der Waals surface area contributed by atoms with Crippen LogP contribution in [-0.4, -0.2) is 57.9 Å². The lowest BCUT2D eigenvalue weighted by atomic mass is 9.91. The van der Waals surface area contributed by atoms with Gasteiger partial charge in [-0.25, -0.2) is 4.98 Å². The molecule has 33 heavy (non-hydrogen) atoms. The molecule has 9 heteroatoms. The molecular formula is C24H30N4O3S2. The van der Waals surface area contributed by atoms with Gasteiger partial charge in [0.25, 0.3) is 11.5 Å². The molecule has 0 saturated carbocycles. The normalized spacial score (nSPS) is 22.7. The van der Waals surface area contributed by atoms with Crippen LogP contribution in [0.5, 0.6) is 0 Å². The highest BCUT2D eigenvalue weighted by atomic mass is 32.2. The number of piperidine rings is 1. The zero-order chi connectivity index (χ0) is 23.7. The van der Waals surface area contributed by atoms with Crippen LogP contribution >= 0.6 is 24.0 Å². The summed E-state index contributed by atoms with van der Waals surface area (Å²) in [6.07, 6.45) is 5.34. The molecule has 0 unspecified atom stereocenters. The van der Waals surface area contributed by atoms with E-state index < -0.39 is 0 Å². The summed E-state index contributed by atoms with van der Waals surface area (Å²) in [7, 11) is 1.63. The highest BCUT2D eigenvalue weighted by Crippen LogP contribution is 2.34. The molecule has 0 N–H and O–H groups in total. The Kier molecular flexibility index (Phi) is 7.21. The van der Waals surface area contributed by atoms with Crippen LogP contribution in [0.4, 0.5) is 5.82 Å². The van der Waals surface area contributed by atoms with E-state index in [4.69, 9.17) is 21.9 Å². The van der Waals surface area contributed by atoms with Gasteiger partial charge < -0.3 is 9.64 Å². The maximum atomic E-state index is 13.6. The molecule has 7 nitrogen and oxygen atoms in total. The minimum absolute atomic E-state index is 0.166. The van der Waals surface area contributed by atoms with E-state index in [1.54, 1.807) is 28.7 Å². The third-order valence-corrected chi connectivity index (χ3v) is 7.41. The summed E-state index contributed by atoms with van der Waals surface area (Å²) in [6, 6.07) is 3.83.